The number of hydrogen-bond acceptors (Lipinski definition) is 4. The van der Waals surface area contributed by atoms with Crippen LogP contribution in [0.4, 0.5) is 5.69 Å². The normalized spacial score (nSPS) is 10.9. The van der Waals surface area contributed by atoms with Gasteiger partial charge in [-0.3, -0.25) is 0 Å². The Hall–Kier alpha value is -0.780. The van der Waals surface area contributed by atoms with Crippen molar-refractivity contribution in [3.8, 4) is 5.75 Å². The summed E-state index contributed by atoms with van der Waals surface area (Å²) in [5.41, 5.74) is 3.97. The van der Waals surface area contributed by atoms with Crippen molar-refractivity contribution in [1.29, 1.82) is 0 Å². The second-order valence-electron chi connectivity index (χ2n) is 4.30. The molecular weight excluding hydrogens is 298 g/mol. The van der Waals surface area contributed by atoms with Crippen molar-refractivity contribution < 1.29 is 14.9 Å². The Labute approximate surface area is 116 Å². The second kappa shape index (κ2) is 6.41. The summed E-state index contributed by atoms with van der Waals surface area (Å²) in [7, 11) is 1.62. The van der Waals surface area contributed by atoms with E-state index in [1.807, 2.05) is 20.8 Å². The predicted molar refractivity (Wildman–Crippen MR) is 76.5 cm³/mol. The van der Waals surface area contributed by atoms with Crippen molar-refractivity contribution in [2.24, 2.45) is 0 Å². The minimum atomic E-state index is -0.397. The Bertz CT molecular complexity index is 431. The summed E-state index contributed by atoms with van der Waals surface area (Å²) in [5.74, 6) is 0.750. The lowest BCUT2D eigenvalue weighted by atomic mass is 10.0. The summed E-state index contributed by atoms with van der Waals surface area (Å²) in [5, 5.41) is 21.4. The Morgan fingerprint density at radius 1 is 1.11 bits per heavy atom. The van der Waals surface area contributed by atoms with Gasteiger partial charge in [0.1, 0.15) is 5.75 Å². The van der Waals surface area contributed by atoms with Crippen LogP contribution in [-0.2, 0) is 0 Å². The monoisotopic (exact) mass is 317 g/mol. The van der Waals surface area contributed by atoms with E-state index in [2.05, 4.69) is 21.2 Å². The molecule has 0 aromatic heterocycles. The van der Waals surface area contributed by atoms with Gasteiger partial charge in [0.05, 0.1) is 32.1 Å². The zero-order chi connectivity index (χ0) is 13.9. The lowest BCUT2D eigenvalue weighted by molar-refractivity contribution is 0.203. The highest BCUT2D eigenvalue weighted by Crippen LogP contribution is 2.40. The highest BCUT2D eigenvalue weighted by Gasteiger charge is 2.18. The number of aliphatic hydroxyl groups excluding tert-OH is 2. The van der Waals surface area contributed by atoms with Crippen molar-refractivity contribution in [3.63, 3.8) is 0 Å². The third kappa shape index (κ3) is 2.79. The first-order valence-electron chi connectivity index (χ1n) is 5.79. The van der Waals surface area contributed by atoms with Crippen LogP contribution in [0.3, 0.4) is 0 Å². The molecule has 0 spiro atoms. The zero-order valence-electron chi connectivity index (χ0n) is 11.2. The standard InChI is InChI=1S/C13H20BrNO3/c1-7-8(2)13(18-4)12(9(3)11(7)14)15-10(5-16)6-17/h10,15-17H,5-6H2,1-4H3. The molecule has 0 aliphatic carbocycles. The van der Waals surface area contributed by atoms with Gasteiger partial charge in [-0.15, -0.1) is 0 Å². The number of nitrogens with one attached hydrogen (secondary N) is 1. The number of hydrogen-bond donors (Lipinski definition) is 3. The highest BCUT2D eigenvalue weighted by molar-refractivity contribution is 9.10. The van der Waals surface area contributed by atoms with Gasteiger partial charge in [-0.05, 0) is 37.5 Å². The molecule has 0 atom stereocenters. The summed E-state index contributed by atoms with van der Waals surface area (Å²) in [6, 6.07) is -0.397. The van der Waals surface area contributed by atoms with Gasteiger partial charge in [0, 0.05) is 4.47 Å². The molecule has 102 valence electrons. The molecule has 0 amide bonds. The molecule has 1 aromatic rings. The molecule has 0 aliphatic heterocycles. The first-order valence-corrected chi connectivity index (χ1v) is 6.58. The van der Waals surface area contributed by atoms with Gasteiger partial charge in [-0.25, -0.2) is 0 Å². The Kier molecular flexibility index (Phi) is 5.44. The number of rotatable bonds is 5. The van der Waals surface area contributed by atoms with Crippen LogP contribution >= 0.6 is 15.9 Å². The quantitative estimate of drug-likeness (QED) is 0.778. The van der Waals surface area contributed by atoms with E-state index in [0.29, 0.717) is 0 Å². The third-order valence-electron chi connectivity index (χ3n) is 3.16. The maximum Gasteiger partial charge on any atom is 0.145 e. The fourth-order valence-electron chi connectivity index (χ4n) is 1.87. The summed E-state index contributed by atoms with van der Waals surface area (Å²) < 4.78 is 6.45. The molecule has 0 radical (unpaired) electrons. The molecule has 0 bridgehead atoms. The van der Waals surface area contributed by atoms with E-state index in [1.54, 1.807) is 7.11 Å². The summed E-state index contributed by atoms with van der Waals surface area (Å²) in [6.07, 6.45) is 0. The molecule has 0 aliphatic rings. The van der Waals surface area contributed by atoms with E-state index in [-0.39, 0.29) is 13.2 Å². The van der Waals surface area contributed by atoms with Crippen molar-refractivity contribution in [1.82, 2.24) is 0 Å². The molecule has 18 heavy (non-hydrogen) atoms. The number of anilines is 1. The van der Waals surface area contributed by atoms with Crippen LogP contribution in [-0.4, -0.2) is 36.6 Å². The Balaban J connectivity index is 3.33. The fourth-order valence-corrected chi connectivity index (χ4v) is 2.36. The van der Waals surface area contributed by atoms with E-state index in [4.69, 9.17) is 14.9 Å². The first-order chi connectivity index (χ1) is 8.47. The van der Waals surface area contributed by atoms with E-state index < -0.39 is 6.04 Å². The molecule has 1 aromatic carbocycles. The van der Waals surface area contributed by atoms with Crippen LogP contribution in [0.2, 0.25) is 0 Å². The minimum Gasteiger partial charge on any atom is -0.494 e. The number of ether oxygens (including phenoxy) is 1. The molecule has 0 saturated carbocycles. The smallest absolute Gasteiger partial charge is 0.145 e. The molecule has 0 heterocycles. The molecular formula is C13H20BrNO3. The predicted octanol–water partition coefficient (Wildman–Crippen LogP) is 2.15. The highest BCUT2D eigenvalue weighted by atomic mass is 79.9. The molecule has 1 rings (SSSR count). The third-order valence-corrected chi connectivity index (χ3v) is 4.35. The van der Waals surface area contributed by atoms with E-state index >= 15 is 0 Å². The summed E-state index contributed by atoms with van der Waals surface area (Å²) >= 11 is 3.56. The van der Waals surface area contributed by atoms with Gasteiger partial charge in [-0.1, -0.05) is 15.9 Å². The largest absolute Gasteiger partial charge is 0.494 e. The molecule has 5 heteroatoms. The van der Waals surface area contributed by atoms with Gasteiger partial charge in [0.2, 0.25) is 0 Å². The average molecular weight is 318 g/mol. The topological polar surface area (TPSA) is 61.7 Å². The summed E-state index contributed by atoms with van der Waals surface area (Å²) in [4.78, 5) is 0. The molecule has 4 nitrogen and oxygen atoms in total. The minimum absolute atomic E-state index is 0.135. The van der Waals surface area contributed by atoms with Crippen molar-refractivity contribution >= 4 is 21.6 Å². The molecule has 0 saturated heterocycles. The molecule has 0 unspecified atom stereocenters. The first kappa shape index (κ1) is 15.3. The lowest BCUT2D eigenvalue weighted by Gasteiger charge is -2.23. The van der Waals surface area contributed by atoms with Crippen LogP contribution < -0.4 is 10.1 Å². The lowest BCUT2D eigenvalue weighted by Crippen LogP contribution is -2.28. The number of halogens is 1. The average Bonchev–Trinajstić information content (AvgIpc) is 2.39. The van der Waals surface area contributed by atoms with E-state index in [1.165, 1.54) is 0 Å². The van der Waals surface area contributed by atoms with Gasteiger partial charge < -0.3 is 20.3 Å². The van der Waals surface area contributed by atoms with Gasteiger partial charge in [0.15, 0.2) is 0 Å². The van der Waals surface area contributed by atoms with E-state index in [9.17, 15) is 0 Å². The Morgan fingerprint density at radius 3 is 2.11 bits per heavy atom. The van der Waals surface area contributed by atoms with Crippen LogP contribution in [0.1, 0.15) is 16.7 Å². The number of aliphatic hydroxyl groups is 2. The van der Waals surface area contributed by atoms with E-state index in [0.717, 1.165) is 32.6 Å². The van der Waals surface area contributed by atoms with Crippen LogP contribution in [0.25, 0.3) is 0 Å². The molecule has 3 N–H and O–H groups in total. The van der Waals surface area contributed by atoms with Crippen LogP contribution in [0.15, 0.2) is 4.47 Å². The Morgan fingerprint density at radius 2 is 1.67 bits per heavy atom. The summed E-state index contributed by atoms with van der Waals surface area (Å²) in [6.45, 7) is 5.70. The van der Waals surface area contributed by atoms with Gasteiger partial charge >= 0.3 is 0 Å². The molecule has 0 fully saturated rings. The van der Waals surface area contributed by atoms with Crippen molar-refractivity contribution in [2.75, 3.05) is 25.6 Å². The van der Waals surface area contributed by atoms with Crippen LogP contribution in [0, 0.1) is 20.8 Å². The van der Waals surface area contributed by atoms with Crippen LogP contribution in [0.5, 0.6) is 5.75 Å². The maximum absolute atomic E-state index is 9.16. The number of methoxy groups -OCH3 is 1. The van der Waals surface area contributed by atoms with Crippen molar-refractivity contribution in [3.05, 3.63) is 21.2 Å². The second-order valence-corrected chi connectivity index (χ2v) is 5.10. The zero-order valence-corrected chi connectivity index (χ0v) is 12.8. The maximum atomic E-state index is 9.16. The van der Waals surface area contributed by atoms with Gasteiger partial charge in [-0.2, -0.15) is 0 Å². The van der Waals surface area contributed by atoms with Gasteiger partial charge in [0.25, 0.3) is 0 Å². The number of benzene rings is 1. The fraction of sp³-hybridized carbons (Fsp3) is 0.538. The SMILES string of the molecule is COc1c(C)c(C)c(Br)c(C)c1NC(CO)CO. The van der Waals surface area contributed by atoms with Crippen molar-refractivity contribution in [2.45, 2.75) is 26.8 Å².